The molecule has 0 aromatic rings. The molecule has 0 aromatic heterocycles. The maximum atomic E-state index is 8.42. The van der Waals surface area contributed by atoms with E-state index in [9.17, 15) is 0 Å². The Morgan fingerprint density at radius 2 is 0.667 bits per heavy atom. The Balaban J connectivity index is -0.00000000450. The van der Waals surface area contributed by atoms with Gasteiger partial charge in [-0.15, -0.1) is 0 Å². The molecule has 0 radical (unpaired) electrons. The summed E-state index contributed by atoms with van der Waals surface area (Å²) in [5, 5.41) is 25.2. The molecule has 0 bridgehead atoms. The normalized spacial score (nSPS) is 3.00. The Morgan fingerprint density at radius 1 is 0.667 bits per heavy atom. The third-order valence-corrected chi connectivity index (χ3v) is 0. The minimum Gasteiger partial charge on any atom is -0.907 e. The SMILES string of the molecule is O.O.O.O.[K+].[O-]B([O-])[O-]. The van der Waals surface area contributed by atoms with Gasteiger partial charge in [-0.1, -0.05) is 0 Å². The van der Waals surface area contributed by atoms with E-state index < -0.39 is 7.32 Å². The van der Waals surface area contributed by atoms with Gasteiger partial charge in [0.1, 0.15) is 0 Å². The molecule has 0 saturated carbocycles. The van der Waals surface area contributed by atoms with Gasteiger partial charge in [0, 0.05) is 0 Å². The summed E-state index contributed by atoms with van der Waals surface area (Å²) >= 11 is 0. The Morgan fingerprint density at radius 3 is 0.667 bits per heavy atom. The van der Waals surface area contributed by atoms with Crippen LogP contribution in [0, 0.1) is 0 Å². The molecule has 0 aliphatic rings. The first-order valence-electron chi connectivity index (χ1n) is 0.707. The fraction of sp³-hybridized carbons (Fsp3) is 0. The van der Waals surface area contributed by atoms with Crippen molar-refractivity contribution in [3.05, 3.63) is 0 Å². The first-order chi connectivity index (χ1) is 1.73. The molecule has 0 aliphatic carbocycles. The van der Waals surface area contributed by atoms with E-state index in [1.807, 2.05) is 0 Å². The zero-order valence-corrected chi connectivity index (χ0v) is 7.93. The van der Waals surface area contributed by atoms with E-state index in [0.29, 0.717) is 0 Å². The monoisotopic (exact) mass is 170 g/mol. The molecular formula is H8BKO7-2. The largest absolute Gasteiger partial charge is 1.00 e. The Hall–Kier alpha value is 1.42. The van der Waals surface area contributed by atoms with Crippen LogP contribution in [0.2, 0.25) is 0 Å². The van der Waals surface area contributed by atoms with Crippen molar-refractivity contribution in [2.75, 3.05) is 0 Å². The van der Waals surface area contributed by atoms with E-state index in [1.54, 1.807) is 0 Å². The van der Waals surface area contributed by atoms with Crippen molar-refractivity contribution in [1.29, 1.82) is 0 Å². The molecule has 0 amide bonds. The van der Waals surface area contributed by atoms with Gasteiger partial charge >= 0.3 is 51.4 Å². The van der Waals surface area contributed by atoms with Crippen molar-refractivity contribution >= 4 is 7.32 Å². The number of rotatable bonds is 0. The van der Waals surface area contributed by atoms with Crippen LogP contribution in [-0.2, 0) is 0 Å². The van der Waals surface area contributed by atoms with Crippen LogP contribution in [0.4, 0.5) is 0 Å². The second-order valence-corrected chi connectivity index (χ2v) is 0.289. The molecule has 0 heterocycles. The molecule has 7 nitrogen and oxygen atoms in total. The van der Waals surface area contributed by atoms with Gasteiger partial charge in [-0.25, -0.2) is 0 Å². The van der Waals surface area contributed by atoms with Gasteiger partial charge in [0.15, 0.2) is 0 Å². The Bertz CT molecular complexity index is 13.6. The van der Waals surface area contributed by atoms with Gasteiger partial charge in [-0.2, -0.15) is 0 Å². The number of hydrogen-bond donors (Lipinski definition) is 0. The molecular weight excluding hydrogens is 162 g/mol. The van der Waals surface area contributed by atoms with Crippen LogP contribution < -0.4 is 66.5 Å². The van der Waals surface area contributed by atoms with Crippen LogP contribution in [0.3, 0.4) is 0 Å². The predicted octanol–water partition coefficient (Wildman–Crippen LogP) is -10.2. The second-order valence-electron chi connectivity index (χ2n) is 0.289. The molecule has 0 spiro atoms. The average molecular weight is 170 g/mol. The topological polar surface area (TPSA) is 195 Å². The second kappa shape index (κ2) is 34.2. The van der Waals surface area contributed by atoms with Crippen LogP contribution in [0.1, 0.15) is 0 Å². The summed E-state index contributed by atoms with van der Waals surface area (Å²) in [6.07, 6.45) is 0. The van der Waals surface area contributed by atoms with Crippen LogP contribution >= 0.6 is 0 Å². The molecule has 0 atom stereocenters. The molecule has 0 saturated heterocycles. The summed E-state index contributed by atoms with van der Waals surface area (Å²) in [6, 6.07) is 0. The molecule has 0 aliphatic heterocycles. The van der Waals surface area contributed by atoms with Crippen molar-refractivity contribution in [3.63, 3.8) is 0 Å². The standard InChI is InChI=1S/BO3.K.4H2O/c2-1(3)4;;;;;/h;;4*1H2/q-3;+1;;;;. The van der Waals surface area contributed by atoms with E-state index in [4.69, 9.17) is 15.1 Å². The molecule has 0 aromatic carbocycles. The maximum Gasteiger partial charge on any atom is 1.00 e. The molecule has 56 valence electrons. The van der Waals surface area contributed by atoms with E-state index in [1.165, 1.54) is 0 Å². The first kappa shape index (κ1) is 47.3. The fourth-order valence-electron chi connectivity index (χ4n) is 0. The Kier molecular flexibility index (Phi) is 180. The summed E-state index contributed by atoms with van der Waals surface area (Å²) in [5.74, 6) is 0. The summed E-state index contributed by atoms with van der Waals surface area (Å²) in [6.45, 7) is 0. The van der Waals surface area contributed by atoms with Gasteiger partial charge in [0.2, 0.25) is 0 Å². The quantitative estimate of drug-likeness (QED) is 0.325. The zero-order valence-electron chi connectivity index (χ0n) is 4.80. The molecule has 0 unspecified atom stereocenters. The minimum absolute atomic E-state index is 0. The predicted molar refractivity (Wildman–Crippen MR) is 20.2 cm³/mol. The summed E-state index contributed by atoms with van der Waals surface area (Å²) in [5.41, 5.74) is 0. The zero-order chi connectivity index (χ0) is 3.58. The third-order valence-electron chi connectivity index (χ3n) is 0. The molecule has 8 N–H and O–H groups in total. The van der Waals surface area contributed by atoms with Crippen LogP contribution in [0.5, 0.6) is 0 Å². The summed E-state index contributed by atoms with van der Waals surface area (Å²) in [4.78, 5) is 0. The average Bonchev–Trinajstić information content (AvgIpc) is 0.811. The van der Waals surface area contributed by atoms with Gasteiger partial charge < -0.3 is 37.0 Å². The van der Waals surface area contributed by atoms with E-state index in [2.05, 4.69) is 0 Å². The smallest absolute Gasteiger partial charge is 0.907 e. The van der Waals surface area contributed by atoms with Crippen molar-refractivity contribution in [3.8, 4) is 0 Å². The number of hydrogen-bond acceptors (Lipinski definition) is 3. The Labute approximate surface area is 94.5 Å². The van der Waals surface area contributed by atoms with Crippen molar-refractivity contribution in [2.24, 2.45) is 0 Å². The summed E-state index contributed by atoms with van der Waals surface area (Å²) < 4.78 is 0. The third kappa shape index (κ3) is 257. The van der Waals surface area contributed by atoms with Crippen molar-refractivity contribution < 1.29 is 88.4 Å². The van der Waals surface area contributed by atoms with Crippen LogP contribution in [0.25, 0.3) is 0 Å². The van der Waals surface area contributed by atoms with Crippen molar-refractivity contribution in [2.45, 2.75) is 0 Å². The van der Waals surface area contributed by atoms with E-state index in [0.717, 1.165) is 0 Å². The molecule has 9 heavy (non-hydrogen) atoms. The van der Waals surface area contributed by atoms with E-state index >= 15 is 0 Å². The van der Waals surface area contributed by atoms with Gasteiger partial charge in [-0.05, 0) is 0 Å². The first-order valence-corrected chi connectivity index (χ1v) is 0.707. The van der Waals surface area contributed by atoms with Gasteiger partial charge in [0.25, 0.3) is 0 Å². The minimum atomic E-state index is -2.92. The molecule has 0 rings (SSSR count). The van der Waals surface area contributed by atoms with Crippen LogP contribution in [-0.4, -0.2) is 29.2 Å². The molecule has 0 fully saturated rings. The van der Waals surface area contributed by atoms with Crippen LogP contribution in [0.15, 0.2) is 0 Å². The van der Waals surface area contributed by atoms with E-state index in [-0.39, 0.29) is 73.3 Å². The summed E-state index contributed by atoms with van der Waals surface area (Å²) in [7, 11) is -2.92. The maximum absolute atomic E-state index is 8.42. The van der Waals surface area contributed by atoms with Crippen molar-refractivity contribution in [1.82, 2.24) is 0 Å². The fourth-order valence-corrected chi connectivity index (χ4v) is 0. The van der Waals surface area contributed by atoms with Gasteiger partial charge in [-0.3, -0.25) is 7.32 Å². The van der Waals surface area contributed by atoms with Gasteiger partial charge in [0.05, 0.1) is 0 Å². The molecule has 9 heteroatoms.